The lowest BCUT2D eigenvalue weighted by molar-refractivity contribution is -0.166. The average Bonchev–Trinajstić information content (AvgIpc) is 3.38. The SMILES string of the molecule is CCn1ncc2c(=O)n(CC3(O)CCN(C(=O)CCC(F)(F)F)CC34CCCC4)cnc21. The third-order valence-electron chi connectivity index (χ3n) is 7.17. The standard InChI is InChI=1S/C21H28F3N5O3/c1-2-29-17-15(11-26-29)18(31)28(14-25-17)13-20(32)9-10-27(12-19(20)6-3-4-7-19)16(30)5-8-21(22,23)24/h11,14,32H,2-10,12-13H2,1H3. The number of rotatable bonds is 5. The molecule has 1 unspecified atom stereocenters. The van der Waals surface area contributed by atoms with E-state index in [0.717, 1.165) is 12.8 Å². The van der Waals surface area contributed by atoms with Crippen LogP contribution in [0.2, 0.25) is 0 Å². The van der Waals surface area contributed by atoms with Gasteiger partial charge in [0.15, 0.2) is 5.65 Å². The Morgan fingerprint density at radius 3 is 2.62 bits per heavy atom. The van der Waals surface area contributed by atoms with Crippen molar-refractivity contribution in [2.45, 2.75) is 76.7 Å². The van der Waals surface area contributed by atoms with Gasteiger partial charge in [0.25, 0.3) is 5.56 Å². The van der Waals surface area contributed by atoms with E-state index in [0.29, 0.717) is 30.4 Å². The summed E-state index contributed by atoms with van der Waals surface area (Å²) in [6.45, 7) is 2.86. The molecular formula is C21H28F3N5O3. The summed E-state index contributed by atoms with van der Waals surface area (Å²) in [5.74, 6) is -0.539. The zero-order valence-electron chi connectivity index (χ0n) is 18.1. The van der Waals surface area contributed by atoms with Gasteiger partial charge in [0.2, 0.25) is 5.91 Å². The van der Waals surface area contributed by atoms with Crippen molar-refractivity contribution in [1.82, 2.24) is 24.2 Å². The van der Waals surface area contributed by atoms with Gasteiger partial charge in [-0.25, -0.2) is 9.67 Å². The van der Waals surface area contributed by atoms with Gasteiger partial charge in [-0.2, -0.15) is 18.3 Å². The van der Waals surface area contributed by atoms with Gasteiger partial charge in [-0.1, -0.05) is 12.8 Å². The number of aromatic nitrogens is 4. The Labute approximate surface area is 183 Å². The van der Waals surface area contributed by atoms with Crippen LogP contribution in [0.3, 0.4) is 0 Å². The number of piperidine rings is 1. The number of carbonyl (C=O) groups excluding carboxylic acids is 1. The van der Waals surface area contributed by atoms with Gasteiger partial charge in [-0.15, -0.1) is 0 Å². The zero-order valence-corrected chi connectivity index (χ0v) is 18.1. The Hall–Kier alpha value is -2.43. The molecule has 0 bridgehead atoms. The Bertz CT molecular complexity index is 1060. The Morgan fingerprint density at radius 2 is 1.97 bits per heavy atom. The fourth-order valence-electron chi connectivity index (χ4n) is 5.34. The van der Waals surface area contributed by atoms with Crippen molar-refractivity contribution in [3.8, 4) is 0 Å². The van der Waals surface area contributed by atoms with Gasteiger partial charge in [0, 0.05) is 31.5 Å². The number of fused-ring (bicyclic) bond motifs is 1. The Kier molecular flexibility index (Phi) is 5.81. The molecule has 2 aromatic heterocycles. The molecule has 2 aromatic rings. The van der Waals surface area contributed by atoms with E-state index in [1.54, 1.807) is 4.68 Å². The fourth-order valence-corrected chi connectivity index (χ4v) is 5.34. The highest BCUT2D eigenvalue weighted by atomic mass is 19.4. The first kappa shape index (κ1) is 22.8. The number of carbonyl (C=O) groups is 1. The van der Waals surface area contributed by atoms with Gasteiger partial charge in [-0.3, -0.25) is 14.2 Å². The topological polar surface area (TPSA) is 93.2 Å². The molecule has 1 aliphatic carbocycles. The predicted molar refractivity (Wildman–Crippen MR) is 110 cm³/mol. The number of nitrogens with zero attached hydrogens (tertiary/aromatic N) is 5. The number of amides is 1. The minimum Gasteiger partial charge on any atom is -0.387 e. The molecule has 2 aliphatic rings. The Morgan fingerprint density at radius 1 is 1.25 bits per heavy atom. The molecule has 2 fully saturated rings. The molecule has 0 aromatic carbocycles. The van der Waals surface area contributed by atoms with Crippen LogP contribution in [0, 0.1) is 5.41 Å². The number of hydrogen-bond acceptors (Lipinski definition) is 5. The molecule has 0 radical (unpaired) electrons. The molecule has 1 aliphatic heterocycles. The van der Waals surface area contributed by atoms with E-state index in [-0.39, 0.29) is 31.6 Å². The summed E-state index contributed by atoms with van der Waals surface area (Å²) in [7, 11) is 0. The maximum Gasteiger partial charge on any atom is 0.389 e. The van der Waals surface area contributed by atoms with Crippen molar-refractivity contribution in [1.29, 1.82) is 0 Å². The summed E-state index contributed by atoms with van der Waals surface area (Å²) < 4.78 is 40.7. The highest BCUT2D eigenvalue weighted by Crippen LogP contribution is 2.51. The zero-order chi connectivity index (χ0) is 23.1. The molecule has 1 saturated heterocycles. The monoisotopic (exact) mass is 455 g/mol. The van der Waals surface area contributed by atoms with E-state index in [9.17, 15) is 27.9 Å². The molecule has 3 heterocycles. The van der Waals surface area contributed by atoms with Crippen molar-refractivity contribution in [3.05, 3.63) is 22.9 Å². The average molecular weight is 455 g/mol. The van der Waals surface area contributed by atoms with Gasteiger partial charge in [0.05, 0.1) is 24.8 Å². The lowest BCUT2D eigenvalue weighted by Crippen LogP contribution is -2.62. The van der Waals surface area contributed by atoms with Crippen LogP contribution >= 0.6 is 0 Å². The van der Waals surface area contributed by atoms with Crippen LogP contribution in [0.25, 0.3) is 11.0 Å². The van der Waals surface area contributed by atoms with E-state index < -0.39 is 35.9 Å². The number of alkyl halides is 3. The minimum absolute atomic E-state index is 0.0245. The van der Waals surface area contributed by atoms with Crippen molar-refractivity contribution < 1.29 is 23.1 Å². The summed E-state index contributed by atoms with van der Waals surface area (Å²) in [6, 6.07) is 0. The highest BCUT2D eigenvalue weighted by Gasteiger charge is 2.55. The number of likely N-dealkylation sites (tertiary alicyclic amines) is 1. The first-order valence-corrected chi connectivity index (χ1v) is 11.1. The van der Waals surface area contributed by atoms with Crippen molar-refractivity contribution in [2.75, 3.05) is 13.1 Å². The molecule has 176 valence electrons. The largest absolute Gasteiger partial charge is 0.389 e. The maximum absolute atomic E-state index is 13.0. The van der Waals surface area contributed by atoms with Crippen molar-refractivity contribution in [3.63, 3.8) is 0 Å². The molecule has 1 amide bonds. The van der Waals surface area contributed by atoms with Crippen LogP contribution in [0.4, 0.5) is 13.2 Å². The summed E-state index contributed by atoms with van der Waals surface area (Å²) in [5.41, 5.74) is -1.72. The molecule has 8 nitrogen and oxygen atoms in total. The lowest BCUT2D eigenvalue weighted by Gasteiger charge is -2.52. The highest BCUT2D eigenvalue weighted by molar-refractivity contribution is 5.76. The number of halogens is 3. The quantitative estimate of drug-likeness (QED) is 0.748. The van der Waals surface area contributed by atoms with Gasteiger partial charge in [-0.05, 0) is 26.2 Å². The third-order valence-corrected chi connectivity index (χ3v) is 7.17. The fraction of sp³-hybridized carbons (Fsp3) is 0.714. The molecule has 1 saturated carbocycles. The number of aliphatic hydroxyl groups is 1. The molecule has 1 spiro atoms. The van der Waals surface area contributed by atoms with Crippen LogP contribution < -0.4 is 5.56 Å². The second kappa shape index (κ2) is 8.17. The molecule has 4 rings (SSSR count). The Balaban J connectivity index is 1.58. The minimum atomic E-state index is -4.38. The second-order valence-corrected chi connectivity index (χ2v) is 9.07. The summed E-state index contributed by atoms with van der Waals surface area (Å²) in [6.07, 6.45) is 0.0206. The molecular weight excluding hydrogens is 427 g/mol. The second-order valence-electron chi connectivity index (χ2n) is 9.07. The molecule has 11 heteroatoms. The van der Waals surface area contributed by atoms with E-state index in [2.05, 4.69) is 10.1 Å². The van der Waals surface area contributed by atoms with Crippen LogP contribution in [0.5, 0.6) is 0 Å². The summed E-state index contributed by atoms with van der Waals surface area (Å²) >= 11 is 0. The van der Waals surface area contributed by atoms with E-state index in [1.807, 2.05) is 6.92 Å². The van der Waals surface area contributed by atoms with Gasteiger partial charge < -0.3 is 10.0 Å². The van der Waals surface area contributed by atoms with Crippen LogP contribution in [-0.4, -0.2) is 60.1 Å². The van der Waals surface area contributed by atoms with Gasteiger partial charge >= 0.3 is 6.18 Å². The van der Waals surface area contributed by atoms with Gasteiger partial charge in [0.1, 0.15) is 11.7 Å². The smallest absolute Gasteiger partial charge is 0.387 e. The maximum atomic E-state index is 13.0. The number of hydrogen-bond donors (Lipinski definition) is 1. The van der Waals surface area contributed by atoms with Crippen molar-refractivity contribution >= 4 is 16.9 Å². The van der Waals surface area contributed by atoms with Crippen LogP contribution in [0.1, 0.15) is 51.9 Å². The first-order chi connectivity index (χ1) is 15.1. The molecule has 1 atom stereocenters. The summed E-state index contributed by atoms with van der Waals surface area (Å²) in [5, 5.41) is 16.3. The van der Waals surface area contributed by atoms with E-state index in [1.165, 1.54) is 22.0 Å². The first-order valence-electron chi connectivity index (χ1n) is 11.1. The van der Waals surface area contributed by atoms with Crippen LogP contribution in [-0.2, 0) is 17.9 Å². The molecule has 32 heavy (non-hydrogen) atoms. The summed E-state index contributed by atoms with van der Waals surface area (Å²) in [4.78, 5) is 31.3. The molecule has 1 N–H and O–H groups in total. The van der Waals surface area contributed by atoms with E-state index >= 15 is 0 Å². The van der Waals surface area contributed by atoms with Crippen LogP contribution in [0.15, 0.2) is 17.3 Å². The third kappa shape index (κ3) is 4.02. The normalized spacial score (nSPS) is 23.3. The van der Waals surface area contributed by atoms with E-state index in [4.69, 9.17) is 0 Å². The predicted octanol–water partition coefficient (Wildman–Crippen LogP) is 2.48. The number of aryl methyl sites for hydroxylation is 1. The lowest BCUT2D eigenvalue weighted by atomic mass is 9.65. The van der Waals surface area contributed by atoms with Crippen molar-refractivity contribution in [2.24, 2.45) is 5.41 Å².